The second-order valence-electron chi connectivity index (χ2n) is 7.01. The van der Waals surface area contributed by atoms with Gasteiger partial charge in [-0.3, -0.25) is 24.0 Å². The molecule has 0 saturated heterocycles. The van der Waals surface area contributed by atoms with E-state index in [0.717, 1.165) is 0 Å². The van der Waals surface area contributed by atoms with Gasteiger partial charge in [-0.1, -0.05) is 6.42 Å². The fraction of sp³-hybridized carbons (Fsp3) is 0.722. The highest BCUT2D eigenvalue weighted by atomic mass is 16.4. The van der Waals surface area contributed by atoms with Crippen molar-refractivity contribution in [3.63, 3.8) is 0 Å². The highest BCUT2D eigenvalue weighted by Crippen LogP contribution is 2.04. The van der Waals surface area contributed by atoms with Crippen molar-refractivity contribution in [2.45, 2.75) is 63.1 Å². The molecule has 0 aromatic carbocycles. The first-order valence-electron chi connectivity index (χ1n) is 10.1. The molecule has 0 radical (unpaired) electrons. The van der Waals surface area contributed by atoms with Crippen LogP contribution in [0.5, 0.6) is 0 Å². The molecular weight excluding hydrogens is 412 g/mol. The molecule has 0 fully saturated rings. The van der Waals surface area contributed by atoms with E-state index in [1.807, 2.05) is 0 Å². The van der Waals surface area contributed by atoms with Crippen LogP contribution in [0.4, 0.5) is 0 Å². The van der Waals surface area contributed by atoms with Gasteiger partial charge in [-0.15, -0.1) is 0 Å². The van der Waals surface area contributed by atoms with Crippen LogP contribution in [0.25, 0.3) is 0 Å². The quantitative estimate of drug-likeness (QED) is 0.107. The molecule has 3 atom stereocenters. The van der Waals surface area contributed by atoms with E-state index < -0.39 is 60.8 Å². The van der Waals surface area contributed by atoms with Crippen molar-refractivity contribution in [1.82, 2.24) is 16.0 Å². The molecule has 0 aliphatic rings. The van der Waals surface area contributed by atoms with Crippen molar-refractivity contribution >= 4 is 29.7 Å². The summed E-state index contributed by atoms with van der Waals surface area (Å²) in [7, 11) is 0. The molecule has 178 valence electrons. The SMILES string of the molecule is NCCCCC(N)C(=O)NC(CC(=O)O)C(=O)NC(CCCCN)C(=O)NCC(=O)O. The molecule has 0 aromatic rings. The predicted molar refractivity (Wildman–Crippen MR) is 111 cm³/mol. The molecule has 13 nitrogen and oxygen atoms in total. The first-order chi connectivity index (χ1) is 14.6. The molecule has 11 N–H and O–H groups in total. The minimum absolute atomic E-state index is 0.154. The minimum atomic E-state index is -1.46. The third-order valence-electron chi connectivity index (χ3n) is 4.31. The Bertz CT molecular complexity index is 616. The summed E-state index contributed by atoms with van der Waals surface area (Å²) in [4.78, 5) is 58.9. The summed E-state index contributed by atoms with van der Waals surface area (Å²) in [6.45, 7) is 0.153. The van der Waals surface area contributed by atoms with E-state index in [9.17, 15) is 24.0 Å². The van der Waals surface area contributed by atoms with Gasteiger partial charge in [-0.25, -0.2) is 0 Å². The Hall–Kier alpha value is -2.77. The highest BCUT2D eigenvalue weighted by Gasteiger charge is 2.29. The van der Waals surface area contributed by atoms with Crippen LogP contribution in [0.1, 0.15) is 44.9 Å². The Morgan fingerprint density at radius 2 is 1.26 bits per heavy atom. The Balaban J connectivity index is 5.16. The number of nitrogens with one attached hydrogen (secondary N) is 3. The van der Waals surface area contributed by atoms with Crippen LogP contribution in [0.2, 0.25) is 0 Å². The number of aliphatic carboxylic acids is 2. The molecule has 31 heavy (non-hydrogen) atoms. The maximum Gasteiger partial charge on any atom is 0.322 e. The van der Waals surface area contributed by atoms with Gasteiger partial charge >= 0.3 is 11.9 Å². The first kappa shape index (κ1) is 28.2. The van der Waals surface area contributed by atoms with Crippen molar-refractivity contribution in [3.05, 3.63) is 0 Å². The number of hydrogen-bond acceptors (Lipinski definition) is 8. The smallest absolute Gasteiger partial charge is 0.322 e. The van der Waals surface area contributed by atoms with Crippen molar-refractivity contribution in [2.24, 2.45) is 17.2 Å². The van der Waals surface area contributed by atoms with Crippen LogP contribution in [0.15, 0.2) is 0 Å². The predicted octanol–water partition coefficient (Wildman–Crippen LogP) is -2.78. The lowest BCUT2D eigenvalue weighted by Crippen LogP contribution is -2.56. The number of carboxylic acids is 2. The van der Waals surface area contributed by atoms with Crippen molar-refractivity contribution < 1.29 is 34.2 Å². The summed E-state index contributed by atoms with van der Waals surface area (Å²) in [6, 6.07) is -3.53. The molecule has 0 heterocycles. The molecule has 0 aromatic heterocycles. The lowest BCUT2D eigenvalue weighted by Gasteiger charge is -2.23. The molecule has 13 heteroatoms. The summed E-state index contributed by atoms with van der Waals surface area (Å²) < 4.78 is 0. The van der Waals surface area contributed by atoms with Crippen LogP contribution in [-0.4, -0.2) is 77.6 Å². The third kappa shape index (κ3) is 13.2. The molecule has 3 unspecified atom stereocenters. The summed E-state index contributed by atoms with van der Waals surface area (Å²) in [5.41, 5.74) is 16.6. The van der Waals surface area contributed by atoms with E-state index in [4.69, 9.17) is 27.4 Å². The van der Waals surface area contributed by atoms with Crippen LogP contribution >= 0.6 is 0 Å². The Morgan fingerprint density at radius 3 is 1.77 bits per heavy atom. The summed E-state index contributed by atoms with van der Waals surface area (Å²) >= 11 is 0. The topological polar surface area (TPSA) is 240 Å². The standard InChI is InChI=1S/C18H34N6O7/c19-7-3-1-5-11(21)16(29)24-13(9-14(25)26)18(31)23-12(6-2-4-8-20)17(30)22-10-15(27)28/h11-13H,1-10,19-21H2,(H,22,30)(H,23,31)(H,24,29)(H,25,26)(H,27,28). The molecule has 0 saturated carbocycles. The number of carbonyl (C=O) groups excluding carboxylic acids is 3. The highest BCUT2D eigenvalue weighted by molar-refractivity contribution is 5.95. The van der Waals surface area contributed by atoms with Crippen molar-refractivity contribution in [2.75, 3.05) is 19.6 Å². The number of amides is 3. The maximum absolute atomic E-state index is 12.6. The first-order valence-corrected chi connectivity index (χ1v) is 10.1. The van der Waals surface area contributed by atoms with Gasteiger partial charge in [-0.2, -0.15) is 0 Å². The van der Waals surface area contributed by atoms with Gasteiger partial charge in [0.1, 0.15) is 18.6 Å². The maximum atomic E-state index is 12.6. The fourth-order valence-corrected chi connectivity index (χ4v) is 2.62. The zero-order chi connectivity index (χ0) is 23.8. The molecule has 3 amide bonds. The monoisotopic (exact) mass is 446 g/mol. The molecule has 0 bridgehead atoms. The number of nitrogens with two attached hydrogens (primary N) is 3. The average Bonchev–Trinajstić information content (AvgIpc) is 2.70. The summed E-state index contributed by atoms with van der Waals surface area (Å²) in [6.07, 6.45) is 2.02. The van der Waals surface area contributed by atoms with Gasteiger partial charge in [0.25, 0.3) is 0 Å². The van der Waals surface area contributed by atoms with E-state index in [2.05, 4.69) is 16.0 Å². The van der Waals surface area contributed by atoms with Gasteiger partial charge in [0.05, 0.1) is 12.5 Å². The van der Waals surface area contributed by atoms with Crippen LogP contribution in [-0.2, 0) is 24.0 Å². The lowest BCUT2D eigenvalue weighted by molar-refractivity contribution is -0.141. The summed E-state index contributed by atoms with van der Waals surface area (Å²) in [5.74, 6) is -4.94. The zero-order valence-corrected chi connectivity index (χ0v) is 17.5. The van der Waals surface area contributed by atoms with E-state index in [-0.39, 0.29) is 6.42 Å². The van der Waals surface area contributed by atoms with Crippen molar-refractivity contribution in [1.29, 1.82) is 0 Å². The van der Waals surface area contributed by atoms with E-state index >= 15 is 0 Å². The number of carbonyl (C=O) groups is 5. The van der Waals surface area contributed by atoms with E-state index in [1.165, 1.54) is 0 Å². The Labute approximate surface area is 180 Å². The average molecular weight is 447 g/mol. The number of carboxylic acid groups (broad SMARTS) is 2. The number of hydrogen-bond donors (Lipinski definition) is 8. The van der Waals surface area contributed by atoms with Crippen molar-refractivity contribution in [3.8, 4) is 0 Å². The minimum Gasteiger partial charge on any atom is -0.481 e. The number of rotatable bonds is 17. The largest absolute Gasteiger partial charge is 0.481 e. The molecular formula is C18H34N6O7. The molecule has 0 spiro atoms. The second kappa shape index (κ2) is 16.0. The van der Waals surface area contributed by atoms with Gasteiger partial charge < -0.3 is 43.4 Å². The lowest BCUT2D eigenvalue weighted by atomic mass is 10.1. The summed E-state index contributed by atoms with van der Waals surface area (Å²) in [5, 5.41) is 24.6. The van der Waals surface area contributed by atoms with Crippen LogP contribution in [0, 0.1) is 0 Å². The molecule has 0 rings (SSSR count). The van der Waals surface area contributed by atoms with Gasteiger partial charge in [-0.05, 0) is 45.2 Å². The Kier molecular flexibility index (Phi) is 14.6. The zero-order valence-electron chi connectivity index (χ0n) is 17.5. The van der Waals surface area contributed by atoms with Gasteiger partial charge in [0.2, 0.25) is 17.7 Å². The fourth-order valence-electron chi connectivity index (χ4n) is 2.62. The second-order valence-corrected chi connectivity index (χ2v) is 7.01. The van der Waals surface area contributed by atoms with Gasteiger partial charge in [0, 0.05) is 0 Å². The van der Waals surface area contributed by atoms with Crippen LogP contribution < -0.4 is 33.2 Å². The molecule has 0 aliphatic heterocycles. The van der Waals surface area contributed by atoms with Gasteiger partial charge in [0.15, 0.2) is 0 Å². The third-order valence-corrected chi connectivity index (χ3v) is 4.31. The van der Waals surface area contributed by atoms with E-state index in [0.29, 0.717) is 45.2 Å². The normalized spacial score (nSPS) is 13.5. The molecule has 0 aliphatic carbocycles. The van der Waals surface area contributed by atoms with E-state index in [1.54, 1.807) is 0 Å². The Morgan fingerprint density at radius 1 is 0.710 bits per heavy atom. The number of unbranched alkanes of at least 4 members (excludes halogenated alkanes) is 2. The van der Waals surface area contributed by atoms with Crippen LogP contribution in [0.3, 0.4) is 0 Å².